The van der Waals surface area contributed by atoms with Crippen molar-refractivity contribution in [2.24, 2.45) is 5.92 Å². The van der Waals surface area contributed by atoms with E-state index in [4.69, 9.17) is 4.74 Å². The van der Waals surface area contributed by atoms with Gasteiger partial charge in [0.2, 0.25) is 5.91 Å². The molecule has 0 aliphatic carbocycles. The van der Waals surface area contributed by atoms with Gasteiger partial charge in [-0.1, -0.05) is 26.0 Å². The number of para-hydroxylation sites is 1. The highest BCUT2D eigenvalue weighted by Gasteiger charge is 2.26. The topological polar surface area (TPSA) is 80.3 Å². The van der Waals surface area contributed by atoms with Gasteiger partial charge in [0.15, 0.2) is 5.13 Å². The lowest BCUT2D eigenvalue weighted by molar-refractivity contribution is -0.118. The molecule has 6 nitrogen and oxygen atoms in total. The van der Waals surface area contributed by atoms with E-state index in [2.05, 4.69) is 15.6 Å². The molecule has 2 N–H and O–H groups in total. The van der Waals surface area contributed by atoms with Crippen LogP contribution in [0.25, 0.3) is 0 Å². The quantitative estimate of drug-likeness (QED) is 0.807. The lowest BCUT2D eigenvalue weighted by atomic mass is 10.0. The predicted octanol–water partition coefficient (Wildman–Crippen LogP) is 2.93. The summed E-state index contributed by atoms with van der Waals surface area (Å²) in [7, 11) is 0. The van der Waals surface area contributed by atoms with E-state index in [9.17, 15) is 9.59 Å². The van der Waals surface area contributed by atoms with Crippen molar-refractivity contribution in [3.8, 4) is 5.75 Å². The number of carbonyl (C=O) groups is 2. The number of carbonyl (C=O) groups excluding carboxylic acids is 2. The van der Waals surface area contributed by atoms with Crippen molar-refractivity contribution in [3.63, 3.8) is 0 Å². The van der Waals surface area contributed by atoms with Gasteiger partial charge in [0, 0.05) is 11.6 Å². The number of rotatable bonds is 7. The Balaban J connectivity index is 2.12. The lowest BCUT2D eigenvalue weighted by Crippen LogP contribution is -2.47. The Bertz CT molecular complexity index is 686. The van der Waals surface area contributed by atoms with Gasteiger partial charge in [-0.15, -0.1) is 11.3 Å². The normalized spacial score (nSPS) is 11.8. The van der Waals surface area contributed by atoms with Crippen LogP contribution in [0.5, 0.6) is 5.75 Å². The fraction of sp³-hybridized carbons (Fsp3) is 0.353. The Kier molecular flexibility index (Phi) is 6.31. The number of anilines is 1. The van der Waals surface area contributed by atoms with E-state index in [1.807, 2.05) is 20.8 Å². The highest BCUT2D eigenvalue weighted by Crippen LogP contribution is 2.19. The zero-order valence-corrected chi connectivity index (χ0v) is 14.7. The zero-order valence-electron chi connectivity index (χ0n) is 13.9. The maximum Gasteiger partial charge on any atom is 0.255 e. The third kappa shape index (κ3) is 4.55. The SMILES string of the molecule is CCOc1ccccc1C(=O)N[C@@H](C(=O)Nc1nccs1)C(C)C. The molecule has 0 fully saturated rings. The first-order chi connectivity index (χ1) is 11.5. The highest BCUT2D eigenvalue weighted by molar-refractivity contribution is 7.13. The molecule has 0 unspecified atom stereocenters. The Morgan fingerprint density at radius 3 is 2.67 bits per heavy atom. The molecule has 7 heteroatoms. The second-order valence-corrected chi connectivity index (χ2v) is 6.35. The zero-order chi connectivity index (χ0) is 17.5. The summed E-state index contributed by atoms with van der Waals surface area (Å²) in [6.45, 7) is 6.07. The van der Waals surface area contributed by atoms with Gasteiger partial charge in [-0.25, -0.2) is 4.98 Å². The van der Waals surface area contributed by atoms with Crippen molar-refractivity contribution in [3.05, 3.63) is 41.4 Å². The highest BCUT2D eigenvalue weighted by atomic mass is 32.1. The molecule has 0 saturated carbocycles. The summed E-state index contributed by atoms with van der Waals surface area (Å²) in [4.78, 5) is 29.0. The second kappa shape index (κ2) is 8.44. The van der Waals surface area contributed by atoms with Crippen molar-refractivity contribution in [2.45, 2.75) is 26.8 Å². The molecule has 1 atom stereocenters. The molecule has 2 rings (SSSR count). The maximum absolute atomic E-state index is 12.6. The summed E-state index contributed by atoms with van der Waals surface area (Å²) in [5, 5.41) is 7.80. The lowest BCUT2D eigenvalue weighted by Gasteiger charge is -2.21. The Hall–Kier alpha value is -2.41. The van der Waals surface area contributed by atoms with Crippen LogP contribution in [0.15, 0.2) is 35.8 Å². The van der Waals surface area contributed by atoms with E-state index in [1.54, 1.807) is 35.8 Å². The first kappa shape index (κ1) is 17.9. The standard InChI is InChI=1S/C17H21N3O3S/c1-4-23-13-8-6-5-7-12(13)15(21)19-14(11(2)3)16(22)20-17-18-9-10-24-17/h5-11,14H,4H2,1-3H3,(H,19,21)(H,18,20,22)/t14-/m1/s1. The smallest absolute Gasteiger partial charge is 0.255 e. The molecular weight excluding hydrogens is 326 g/mol. The van der Waals surface area contributed by atoms with Crippen LogP contribution in [0.4, 0.5) is 5.13 Å². The van der Waals surface area contributed by atoms with E-state index >= 15 is 0 Å². The molecule has 0 spiro atoms. The number of nitrogens with zero attached hydrogens (tertiary/aromatic N) is 1. The van der Waals surface area contributed by atoms with Gasteiger partial charge >= 0.3 is 0 Å². The average molecular weight is 347 g/mol. The Morgan fingerprint density at radius 1 is 1.29 bits per heavy atom. The van der Waals surface area contributed by atoms with Gasteiger partial charge < -0.3 is 15.4 Å². The second-order valence-electron chi connectivity index (χ2n) is 5.45. The van der Waals surface area contributed by atoms with Crippen molar-refractivity contribution in [1.29, 1.82) is 0 Å². The van der Waals surface area contributed by atoms with Gasteiger partial charge in [-0.2, -0.15) is 0 Å². The van der Waals surface area contributed by atoms with Crippen molar-refractivity contribution >= 4 is 28.3 Å². The monoisotopic (exact) mass is 347 g/mol. The molecule has 0 bridgehead atoms. The van der Waals surface area contributed by atoms with Crippen molar-refractivity contribution in [2.75, 3.05) is 11.9 Å². The van der Waals surface area contributed by atoms with Gasteiger partial charge in [-0.05, 0) is 25.0 Å². The van der Waals surface area contributed by atoms with Crippen molar-refractivity contribution in [1.82, 2.24) is 10.3 Å². The maximum atomic E-state index is 12.6. The molecule has 1 aromatic heterocycles. The van der Waals surface area contributed by atoms with Crippen LogP contribution in [-0.2, 0) is 4.79 Å². The molecule has 1 aromatic carbocycles. The first-order valence-electron chi connectivity index (χ1n) is 7.76. The van der Waals surface area contributed by atoms with Gasteiger partial charge in [-0.3, -0.25) is 9.59 Å². The summed E-state index contributed by atoms with van der Waals surface area (Å²) >= 11 is 1.33. The molecule has 0 radical (unpaired) electrons. The summed E-state index contributed by atoms with van der Waals surface area (Å²) in [5.74, 6) is -0.206. The molecule has 0 saturated heterocycles. The predicted molar refractivity (Wildman–Crippen MR) is 94.4 cm³/mol. The van der Waals surface area contributed by atoms with Crippen molar-refractivity contribution < 1.29 is 14.3 Å². The number of thiazole rings is 1. The number of benzene rings is 1. The summed E-state index contributed by atoms with van der Waals surface area (Å²) in [6, 6.07) is 6.31. The van der Waals surface area contributed by atoms with Crippen LogP contribution in [0.1, 0.15) is 31.1 Å². The molecule has 24 heavy (non-hydrogen) atoms. The minimum Gasteiger partial charge on any atom is -0.493 e. The van der Waals surface area contributed by atoms with Gasteiger partial charge in [0.1, 0.15) is 11.8 Å². The molecule has 2 aromatic rings. The molecule has 0 aliphatic rings. The van der Waals surface area contributed by atoms with Crippen LogP contribution in [0, 0.1) is 5.92 Å². The number of ether oxygens (including phenoxy) is 1. The minimum absolute atomic E-state index is 0.0758. The molecule has 2 amide bonds. The van der Waals surface area contributed by atoms with E-state index in [0.29, 0.717) is 23.1 Å². The molecule has 0 aliphatic heterocycles. The number of nitrogens with one attached hydrogen (secondary N) is 2. The summed E-state index contributed by atoms with van der Waals surface area (Å²) < 4.78 is 5.48. The minimum atomic E-state index is -0.670. The first-order valence-corrected chi connectivity index (χ1v) is 8.64. The van der Waals surface area contributed by atoms with Crippen LogP contribution < -0.4 is 15.4 Å². The van der Waals surface area contributed by atoms with E-state index in [1.165, 1.54) is 11.3 Å². The van der Waals surface area contributed by atoms with Crippen LogP contribution >= 0.6 is 11.3 Å². The number of hydrogen-bond acceptors (Lipinski definition) is 5. The number of hydrogen-bond donors (Lipinski definition) is 2. The molecule has 1 heterocycles. The van der Waals surface area contributed by atoms with Crippen LogP contribution in [0.3, 0.4) is 0 Å². The number of amides is 2. The Morgan fingerprint density at radius 2 is 2.04 bits per heavy atom. The number of aromatic nitrogens is 1. The third-order valence-electron chi connectivity index (χ3n) is 3.33. The fourth-order valence-corrected chi connectivity index (χ4v) is 2.69. The van der Waals surface area contributed by atoms with Gasteiger partial charge in [0.05, 0.1) is 12.2 Å². The molecular formula is C17H21N3O3S. The van der Waals surface area contributed by atoms with Crippen LogP contribution in [-0.4, -0.2) is 29.4 Å². The Labute approximate surface area is 145 Å². The average Bonchev–Trinajstić information content (AvgIpc) is 3.05. The van der Waals surface area contributed by atoms with E-state index in [-0.39, 0.29) is 17.7 Å². The van der Waals surface area contributed by atoms with Crippen LogP contribution in [0.2, 0.25) is 0 Å². The largest absolute Gasteiger partial charge is 0.493 e. The summed E-state index contributed by atoms with van der Waals surface area (Å²) in [5.41, 5.74) is 0.409. The van der Waals surface area contributed by atoms with Gasteiger partial charge in [0.25, 0.3) is 5.91 Å². The van der Waals surface area contributed by atoms with E-state index < -0.39 is 6.04 Å². The summed E-state index contributed by atoms with van der Waals surface area (Å²) in [6.07, 6.45) is 1.61. The fourth-order valence-electron chi connectivity index (χ4n) is 2.16. The third-order valence-corrected chi connectivity index (χ3v) is 4.02. The van der Waals surface area contributed by atoms with E-state index in [0.717, 1.165) is 0 Å². The molecule has 128 valence electrons.